The van der Waals surface area contributed by atoms with Crippen molar-refractivity contribution in [3.8, 4) is 5.75 Å². The Balaban J connectivity index is 1.76. The molecule has 140 valence electrons. The van der Waals surface area contributed by atoms with Crippen LogP contribution in [-0.4, -0.2) is 31.0 Å². The molecule has 0 aliphatic carbocycles. The van der Waals surface area contributed by atoms with Gasteiger partial charge in [-0.1, -0.05) is 54.6 Å². The molecule has 0 unspecified atom stereocenters. The fourth-order valence-corrected chi connectivity index (χ4v) is 2.53. The lowest BCUT2D eigenvalue weighted by atomic mass is 10.1. The molecule has 0 saturated heterocycles. The molecule has 2 rings (SSSR count). The van der Waals surface area contributed by atoms with Crippen LogP contribution >= 0.6 is 0 Å². The molecule has 0 saturated carbocycles. The average Bonchev–Trinajstić information content (AvgIpc) is 2.66. The molecule has 2 aromatic carbocycles. The number of methoxy groups -OCH3 is 1. The van der Waals surface area contributed by atoms with Gasteiger partial charge in [0.2, 0.25) is 0 Å². The Kier molecular flexibility index (Phi) is 8.35. The lowest BCUT2D eigenvalue weighted by Gasteiger charge is -2.21. The summed E-state index contributed by atoms with van der Waals surface area (Å²) in [7, 11) is 1.64. The van der Waals surface area contributed by atoms with Gasteiger partial charge >= 0.3 is 0 Å². The van der Waals surface area contributed by atoms with Gasteiger partial charge in [0, 0.05) is 6.42 Å². The van der Waals surface area contributed by atoms with E-state index in [1.807, 2.05) is 61.5 Å². The highest BCUT2D eigenvalue weighted by molar-refractivity contribution is 5.26. The summed E-state index contributed by atoms with van der Waals surface area (Å²) in [4.78, 5) is 0. The first kappa shape index (κ1) is 20.2. The molecular weight excluding hydrogens is 328 g/mol. The van der Waals surface area contributed by atoms with Crippen molar-refractivity contribution in [2.24, 2.45) is 0 Å². The number of hydrogen-bond acceptors (Lipinski definition) is 4. The van der Waals surface area contributed by atoms with Crippen LogP contribution in [0.25, 0.3) is 0 Å². The van der Waals surface area contributed by atoms with Gasteiger partial charge in [0.05, 0.1) is 39.1 Å². The van der Waals surface area contributed by atoms with E-state index in [0.717, 1.165) is 22.4 Å². The summed E-state index contributed by atoms with van der Waals surface area (Å²) in [6, 6.07) is 17.7. The predicted octanol–water partition coefficient (Wildman–Crippen LogP) is 4.12. The van der Waals surface area contributed by atoms with E-state index in [9.17, 15) is 5.11 Å². The van der Waals surface area contributed by atoms with E-state index >= 15 is 0 Å². The van der Waals surface area contributed by atoms with Crippen molar-refractivity contribution in [3.63, 3.8) is 0 Å². The molecular formula is C22H28O4. The predicted molar refractivity (Wildman–Crippen MR) is 103 cm³/mol. The lowest BCUT2D eigenvalue weighted by Crippen LogP contribution is -2.25. The summed E-state index contributed by atoms with van der Waals surface area (Å²) in [5.41, 5.74) is 3.03. The molecule has 2 aromatic rings. The summed E-state index contributed by atoms with van der Waals surface area (Å²) in [5, 5.41) is 10.2. The Labute approximate surface area is 156 Å². The van der Waals surface area contributed by atoms with Crippen molar-refractivity contribution in [3.05, 3.63) is 77.9 Å². The molecule has 0 spiro atoms. The highest BCUT2D eigenvalue weighted by Gasteiger charge is 2.16. The molecule has 0 heterocycles. The van der Waals surface area contributed by atoms with E-state index in [-0.39, 0.29) is 12.7 Å². The standard InChI is InChI=1S/C22H28O4/c1-17(2)22(26-15-19-9-11-21(24-3)12-10-19)13-20(23)16-25-14-18-7-5-4-6-8-18/h4-12,20,22-23H,1,13-16H2,2-3H3/t20-,22+/m0/s1. The second-order valence-electron chi connectivity index (χ2n) is 6.38. The summed E-state index contributed by atoms with van der Waals surface area (Å²) >= 11 is 0. The van der Waals surface area contributed by atoms with Crippen molar-refractivity contribution in [1.82, 2.24) is 0 Å². The van der Waals surface area contributed by atoms with E-state index in [4.69, 9.17) is 14.2 Å². The first-order valence-electron chi connectivity index (χ1n) is 8.78. The van der Waals surface area contributed by atoms with Gasteiger partial charge in [-0.2, -0.15) is 0 Å². The Morgan fingerprint density at radius 3 is 2.27 bits per heavy atom. The maximum absolute atomic E-state index is 10.2. The van der Waals surface area contributed by atoms with Gasteiger partial charge in [-0.3, -0.25) is 0 Å². The summed E-state index contributed by atoms with van der Waals surface area (Å²) in [5.74, 6) is 0.816. The molecule has 0 bridgehead atoms. The van der Waals surface area contributed by atoms with Crippen LogP contribution in [0.15, 0.2) is 66.7 Å². The maximum Gasteiger partial charge on any atom is 0.118 e. The fourth-order valence-electron chi connectivity index (χ4n) is 2.53. The SMILES string of the molecule is C=C(C)[C@@H](C[C@H](O)COCc1ccccc1)OCc1ccc(OC)cc1. The zero-order chi connectivity index (χ0) is 18.8. The number of rotatable bonds is 11. The van der Waals surface area contributed by atoms with Crippen molar-refractivity contribution in [2.75, 3.05) is 13.7 Å². The normalized spacial score (nSPS) is 13.2. The van der Waals surface area contributed by atoms with Crippen molar-refractivity contribution in [2.45, 2.75) is 38.8 Å². The van der Waals surface area contributed by atoms with Crippen molar-refractivity contribution in [1.29, 1.82) is 0 Å². The zero-order valence-electron chi connectivity index (χ0n) is 15.6. The van der Waals surface area contributed by atoms with Crippen molar-refractivity contribution >= 4 is 0 Å². The van der Waals surface area contributed by atoms with Crippen LogP contribution in [0.5, 0.6) is 5.75 Å². The van der Waals surface area contributed by atoms with E-state index < -0.39 is 6.10 Å². The molecule has 0 amide bonds. The third kappa shape index (κ3) is 7.00. The van der Waals surface area contributed by atoms with Crippen LogP contribution in [0.4, 0.5) is 0 Å². The number of ether oxygens (including phenoxy) is 3. The number of hydrogen-bond donors (Lipinski definition) is 1. The molecule has 0 radical (unpaired) electrons. The molecule has 1 N–H and O–H groups in total. The van der Waals surface area contributed by atoms with E-state index in [1.165, 1.54) is 0 Å². The minimum absolute atomic E-state index is 0.215. The van der Waals surface area contributed by atoms with Crippen LogP contribution in [0.2, 0.25) is 0 Å². The second-order valence-corrected chi connectivity index (χ2v) is 6.38. The first-order chi connectivity index (χ1) is 12.6. The Morgan fingerprint density at radius 2 is 1.65 bits per heavy atom. The summed E-state index contributed by atoms with van der Waals surface area (Å²) in [6.45, 7) is 7.11. The Bertz CT molecular complexity index is 652. The molecule has 2 atom stereocenters. The Morgan fingerprint density at radius 1 is 1.00 bits per heavy atom. The molecule has 0 fully saturated rings. The molecule has 0 aliphatic heterocycles. The molecule has 0 aliphatic rings. The number of benzene rings is 2. The molecule has 0 aromatic heterocycles. The topological polar surface area (TPSA) is 47.9 Å². The van der Waals surface area contributed by atoms with Crippen LogP contribution < -0.4 is 4.74 Å². The van der Waals surface area contributed by atoms with E-state index in [0.29, 0.717) is 19.6 Å². The third-order valence-electron chi connectivity index (χ3n) is 4.07. The van der Waals surface area contributed by atoms with Gasteiger partial charge in [-0.15, -0.1) is 0 Å². The minimum atomic E-state index is -0.601. The monoisotopic (exact) mass is 356 g/mol. The van der Waals surface area contributed by atoms with Gasteiger partial charge in [-0.05, 0) is 30.2 Å². The minimum Gasteiger partial charge on any atom is -0.497 e. The third-order valence-corrected chi connectivity index (χ3v) is 4.07. The first-order valence-corrected chi connectivity index (χ1v) is 8.78. The van der Waals surface area contributed by atoms with Crippen LogP contribution in [0.3, 0.4) is 0 Å². The highest BCUT2D eigenvalue weighted by atomic mass is 16.5. The number of aliphatic hydroxyl groups is 1. The summed E-state index contributed by atoms with van der Waals surface area (Å²) in [6.07, 6.45) is -0.357. The molecule has 4 nitrogen and oxygen atoms in total. The van der Waals surface area contributed by atoms with E-state index in [1.54, 1.807) is 7.11 Å². The number of aliphatic hydroxyl groups excluding tert-OH is 1. The van der Waals surface area contributed by atoms with Crippen LogP contribution in [0, 0.1) is 0 Å². The maximum atomic E-state index is 10.2. The average molecular weight is 356 g/mol. The smallest absolute Gasteiger partial charge is 0.118 e. The summed E-state index contributed by atoms with van der Waals surface area (Å²) < 4.78 is 16.7. The van der Waals surface area contributed by atoms with Crippen LogP contribution in [-0.2, 0) is 22.7 Å². The van der Waals surface area contributed by atoms with Gasteiger partial charge in [0.15, 0.2) is 0 Å². The van der Waals surface area contributed by atoms with Crippen molar-refractivity contribution < 1.29 is 19.3 Å². The van der Waals surface area contributed by atoms with Gasteiger partial charge < -0.3 is 19.3 Å². The Hall–Kier alpha value is -2.14. The highest BCUT2D eigenvalue weighted by Crippen LogP contribution is 2.17. The largest absolute Gasteiger partial charge is 0.497 e. The lowest BCUT2D eigenvalue weighted by molar-refractivity contribution is -0.0161. The fraction of sp³-hybridized carbons (Fsp3) is 0.364. The quantitative estimate of drug-likeness (QED) is 0.615. The van der Waals surface area contributed by atoms with E-state index in [2.05, 4.69) is 6.58 Å². The van der Waals surface area contributed by atoms with Crippen LogP contribution in [0.1, 0.15) is 24.5 Å². The van der Waals surface area contributed by atoms with Gasteiger partial charge in [0.1, 0.15) is 5.75 Å². The van der Waals surface area contributed by atoms with Gasteiger partial charge in [-0.25, -0.2) is 0 Å². The second kappa shape index (κ2) is 10.8. The zero-order valence-corrected chi connectivity index (χ0v) is 15.6. The molecule has 4 heteroatoms. The van der Waals surface area contributed by atoms with Gasteiger partial charge in [0.25, 0.3) is 0 Å². The molecule has 26 heavy (non-hydrogen) atoms.